The average Bonchev–Trinajstić information content (AvgIpc) is 3.31. The van der Waals surface area contributed by atoms with Crippen molar-refractivity contribution in [2.24, 2.45) is 5.41 Å². The summed E-state index contributed by atoms with van der Waals surface area (Å²) in [6, 6.07) is 6.74. The number of rotatable bonds is 5. The second-order valence-corrected chi connectivity index (χ2v) is 9.00. The molecule has 2 heterocycles. The molecular weight excluding hydrogens is 406 g/mol. The lowest BCUT2D eigenvalue weighted by Gasteiger charge is -2.39. The first-order chi connectivity index (χ1) is 14.4. The Balaban J connectivity index is 1.39. The Kier molecular flexibility index (Phi) is 6.14. The van der Waals surface area contributed by atoms with Gasteiger partial charge in [-0.15, -0.1) is 0 Å². The molecule has 2 saturated heterocycles. The molecule has 4 rings (SSSR count). The lowest BCUT2D eigenvalue weighted by atomic mass is 9.85. The van der Waals surface area contributed by atoms with Gasteiger partial charge in [-0.2, -0.15) is 0 Å². The van der Waals surface area contributed by atoms with Gasteiger partial charge in [-0.3, -0.25) is 24.3 Å². The van der Waals surface area contributed by atoms with E-state index >= 15 is 0 Å². The monoisotopic (exact) mass is 433 g/mol. The van der Waals surface area contributed by atoms with E-state index in [1.165, 1.54) is 12.0 Å². The van der Waals surface area contributed by atoms with Crippen LogP contribution < -0.4 is 0 Å². The number of carbonyl (C=O) groups is 3. The second-order valence-electron chi connectivity index (χ2n) is 8.56. The predicted octanol–water partition coefficient (Wildman–Crippen LogP) is 2.45. The largest absolute Gasteiger partial charge is 0.468 e. The van der Waals surface area contributed by atoms with Gasteiger partial charge in [0.15, 0.2) is 0 Å². The maximum absolute atomic E-state index is 12.9. The number of nitrogens with zero attached hydrogens (tertiary/aromatic N) is 3. The van der Waals surface area contributed by atoms with Crippen molar-refractivity contribution in [3.63, 3.8) is 0 Å². The Morgan fingerprint density at radius 3 is 2.33 bits per heavy atom. The van der Waals surface area contributed by atoms with Crippen LogP contribution in [0.5, 0.6) is 0 Å². The molecule has 0 aromatic heterocycles. The van der Waals surface area contributed by atoms with Gasteiger partial charge in [0.1, 0.15) is 6.04 Å². The van der Waals surface area contributed by atoms with Crippen molar-refractivity contribution in [2.75, 3.05) is 40.0 Å². The van der Waals surface area contributed by atoms with Crippen LogP contribution in [0.15, 0.2) is 24.3 Å². The molecule has 7 nitrogen and oxygen atoms in total. The summed E-state index contributed by atoms with van der Waals surface area (Å²) in [6.07, 6.45) is 4.11. The Labute approximate surface area is 181 Å². The molecule has 1 spiro atoms. The molecule has 1 saturated carbocycles. The first-order valence-electron chi connectivity index (χ1n) is 10.6. The minimum atomic E-state index is -0.494. The summed E-state index contributed by atoms with van der Waals surface area (Å²) >= 11 is 5.99. The molecule has 0 N–H and O–H groups in total. The quantitative estimate of drug-likeness (QED) is 0.524. The average molecular weight is 434 g/mol. The number of halogens is 1. The van der Waals surface area contributed by atoms with Crippen molar-refractivity contribution < 1.29 is 19.1 Å². The van der Waals surface area contributed by atoms with E-state index in [4.69, 9.17) is 16.3 Å². The molecule has 8 heteroatoms. The molecule has 1 atom stereocenters. The van der Waals surface area contributed by atoms with E-state index in [0.717, 1.165) is 31.2 Å². The number of carbonyl (C=O) groups excluding carboxylic acids is 3. The number of methoxy groups -OCH3 is 1. The molecular formula is C22H28ClN3O4. The van der Waals surface area contributed by atoms with Crippen molar-refractivity contribution in [2.45, 2.75) is 38.1 Å². The fourth-order valence-corrected chi connectivity index (χ4v) is 5.19. The molecule has 30 heavy (non-hydrogen) atoms. The molecule has 3 fully saturated rings. The zero-order valence-corrected chi connectivity index (χ0v) is 18.1. The van der Waals surface area contributed by atoms with E-state index in [-0.39, 0.29) is 17.8 Å². The number of esters is 1. The molecule has 0 bridgehead atoms. The van der Waals surface area contributed by atoms with Crippen LogP contribution in [0.3, 0.4) is 0 Å². The van der Waals surface area contributed by atoms with Gasteiger partial charge < -0.3 is 4.74 Å². The lowest BCUT2D eigenvalue weighted by molar-refractivity contribution is -0.148. The van der Waals surface area contributed by atoms with E-state index in [1.54, 1.807) is 12.1 Å². The van der Waals surface area contributed by atoms with Crippen LogP contribution in [0.4, 0.5) is 0 Å². The number of benzene rings is 1. The Morgan fingerprint density at radius 1 is 1.10 bits per heavy atom. The number of ether oxygens (including phenoxy) is 1. The van der Waals surface area contributed by atoms with Crippen molar-refractivity contribution in [3.8, 4) is 0 Å². The van der Waals surface area contributed by atoms with Crippen LogP contribution in [0.1, 0.15) is 43.7 Å². The number of hydrogen-bond donors (Lipinski definition) is 0. The van der Waals surface area contributed by atoms with Gasteiger partial charge in [-0.1, -0.05) is 36.6 Å². The summed E-state index contributed by atoms with van der Waals surface area (Å²) in [5.74, 6) is -0.335. The Morgan fingerprint density at radius 2 is 1.73 bits per heavy atom. The van der Waals surface area contributed by atoms with Gasteiger partial charge >= 0.3 is 5.97 Å². The Hall–Kier alpha value is -1.96. The van der Waals surface area contributed by atoms with E-state index in [1.807, 2.05) is 12.1 Å². The second kappa shape index (κ2) is 8.65. The molecule has 162 valence electrons. The highest BCUT2D eigenvalue weighted by atomic mass is 35.5. The zero-order chi connectivity index (χ0) is 21.3. The summed E-state index contributed by atoms with van der Waals surface area (Å²) in [7, 11) is 1.39. The minimum Gasteiger partial charge on any atom is -0.468 e. The molecule has 0 radical (unpaired) electrons. The number of imide groups is 1. The van der Waals surface area contributed by atoms with E-state index in [2.05, 4.69) is 9.80 Å². The highest BCUT2D eigenvalue weighted by molar-refractivity contribution is 6.30. The third kappa shape index (κ3) is 3.98. The van der Waals surface area contributed by atoms with Gasteiger partial charge in [0.2, 0.25) is 11.8 Å². The molecule has 2 aliphatic heterocycles. The third-order valence-corrected chi connectivity index (χ3v) is 7.03. The van der Waals surface area contributed by atoms with E-state index in [0.29, 0.717) is 44.3 Å². The third-order valence-electron chi connectivity index (χ3n) is 6.77. The number of hydrogen-bond acceptors (Lipinski definition) is 6. The zero-order valence-electron chi connectivity index (χ0n) is 17.3. The van der Waals surface area contributed by atoms with Gasteiger partial charge in [0.05, 0.1) is 19.2 Å². The predicted molar refractivity (Wildman–Crippen MR) is 112 cm³/mol. The first-order valence-corrected chi connectivity index (χ1v) is 11.0. The molecule has 1 aromatic rings. The van der Waals surface area contributed by atoms with Crippen LogP contribution >= 0.6 is 11.6 Å². The van der Waals surface area contributed by atoms with Gasteiger partial charge in [0.25, 0.3) is 0 Å². The van der Waals surface area contributed by atoms with Gasteiger partial charge in [-0.05, 0) is 30.5 Å². The Bertz CT molecular complexity index is 814. The van der Waals surface area contributed by atoms with Crippen LogP contribution in [0, 0.1) is 5.41 Å². The van der Waals surface area contributed by atoms with Crippen molar-refractivity contribution >= 4 is 29.4 Å². The first kappa shape index (κ1) is 21.3. The summed E-state index contributed by atoms with van der Waals surface area (Å²) < 4.78 is 5.04. The normalized spacial score (nSPS) is 23.3. The van der Waals surface area contributed by atoms with Gasteiger partial charge in [0, 0.05) is 37.6 Å². The molecule has 3 aliphatic rings. The summed E-state index contributed by atoms with van der Waals surface area (Å²) in [4.78, 5) is 43.6. The lowest BCUT2D eigenvalue weighted by Crippen LogP contribution is -2.53. The van der Waals surface area contributed by atoms with E-state index in [9.17, 15) is 14.4 Å². The van der Waals surface area contributed by atoms with Crippen molar-refractivity contribution in [1.82, 2.24) is 14.7 Å². The summed E-state index contributed by atoms with van der Waals surface area (Å²) in [6.45, 7) is 2.97. The highest BCUT2D eigenvalue weighted by Crippen LogP contribution is 2.46. The number of amides is 2. The van der Waals surface area contributed by atoms with Crippen LogP contribution in [-0.4, -0.2) is 72.4 Å². The molecule has 1 aromatic carbocycles. The maximum atomic E-state index is 12.9. The number of piperazine rings is 1. The molecule has 0 unspecified atom stereocenters. The van der Waals surface area contributed by atoms with Crippen LogP contribution in [-0.2, 0) is 19.1 Å². The SMILES string of the molecule is COC(=O)[C@H](c1ccc(Cl)cc1)N1CCN(CN2C(=O)CC3(CCCC3)C2=O)CC1. The summed E-state index contributed by atoms with van der Waals surface area (Å²) in [5, 5.41) is 0.618. The van der Waals surface area contributed by atoms with Crippen LogP contribution in [0.2, 0.25) is 5.02 Å². The standard InChI is InChI=1S/C22H28ClN3O4/c1-30-20(28)19(16-4-6-17(23)7-5-16)25-12-10-24(11-13-25)15-26-18(27)14-22(21(26)29)8-2-3-9-22/h4-7,19H,2-3,8-15H2,1H3/t19-/m0/s1. The molecule has 2 amide bonds. The van der Waals surface area contributed by atoms with E-state index < -0.39 is 11.5 Å². The van der Waals surface area contributed by atoms with Crippen LogP contribution in [0.25, 0.3) is 0 Å². The van der Waals surface area contributed by atoms with Gasteiger partial charge in [-0.25, -0.2) is 4.79 Å². The molecule has 1 aliphatic carbocycles. The van der Waals surface area contributed by atoms with Crippen molar-refractivity contribution in [3.05, 3.63) is 34.9 Å². The minimum absolute atomic E-state index is 0.0148. The topological polar surface area (TPSA) is 70.2 Å². The smallest absolute Gasteiger partial charge is 0.327 e. The highest BCUT2D eigenvalue weighted by Gasteiger charge is 2.52. The fraction of sp³-hybridized carbons (Fsp3) is 0.591. The number of likely N-dealkylation sites (tertiary alicyclic amines) is 1. The van der Waals surface area contributed by atoms with Crippen molar-refractivity contribution in [1.29, 1.82) is 0 Å². The fourth-order valence-electron chi connectivity index (χ4n) is 5.06. The maximum Gasteiger partial charge on any atom is 0.327 e. The summed E-state index contributed by atoms with van der Waals surface area (Å²) in [5.41, 5.74) is 0.413.